The number of allylic oxidation sites excluding steroid dienone is 1. The lowest BCUT2D eigenvalue weighted by Gasteiger charge is -1.92. The van der Waals surface area contributed by atoms with Gasteiger partial charge in [0.05, 0.1) is 6.61 Å². The van der Waals surface area contributed by atoms with E-state index in [0.717, 1.165) is 5.57 Å². The normalized spacial score (nSPS) is 10.2. The molecule has 0 aliphatic carbocycles. The number of hydrogen-bond donors (Lipinski definition) is 1. The van der Waals surface area contributed by atoms with Crippen LogP contribution < -0.4 is 5.90 Å². The topological polar surface area (TPSA) is 35.2 Å². The Hall–Kier alpha value is -0.600. The summed E-state index contributed by atoms with van der Waals surface area (Å²) in [7, 11) is 0. The van der Waals surface area contributed by atoms with Crippen LogP contribution in [0.25, 0.3) is 0 Å². The van der Waals surface area contributed by atoms with Crippen molar-refractivity contribution in [3.8, 4) is 0 Å². The molecule has 0 spiro atoms. The lowest BCUT2D eigenvalue weighted by Crippen LogP contribution is -2.00. The fourth-order valence-electron chi connectivity index (χ4n) is 0.391. The Morgan fingerprint density at radius 1 is 1.88 bits per heavy atom. The van der Waals surface area contributed by atoms with Crippen LogP contribution in [0.15, 0.2) is 24.3 Å². The first-order valence-electron chi connectivity index (χ1n) is 2.43. The zero-order valence-electron chi connectivity index (χ0n) is 5.05. The Bertz CT molecular complexity index is 96.7. The van der Waals surface area contributed by atoms with E-state index >= 15 is 0 Å². The highest BCUT2D eigenvalue weighted by molar-refractivity contribution is 5.13. The molecule has 0 aliphatic rings. The second kappa shape index (κ2) is 4.56. The minimum atomic E-state index is 0.407. The van der Waals surface area contributed by atoms with Crippen molar-refractivity contribution in [1.29, 1.82) is 0 Å². The van der Waals surface area contributed by atoms with E-state index in [4.69, 9.17) is 5.90 Å². The van der Waals surface area contributed by atoms with Gasteiger partial charge in [-0.15, -0.1) is 0 Å². The van der Waals surface area contributed by atoms with Gasteiger partial charge < -0.3 is 0 Å². The van der Waals surface area contributed by atoms with Crippen molar-refractivity contribution in [2.24, 2.45) is 5.90 Å². The maximum atomic E-state index is 4.76. The molecule has 0 saturated carbocycles. The van der Waals surface area contributed by atoms with Gasteiger partial charge in [-0.1, -0.05) is 18.7 Å². The molecule has 0 saturated heterocycles. The standard InChI is InChI=1S/C6H11NO/c1-3-4-6(2)5-8-7/h3-4H,2,5,7H2,1H3. The van der Waals surface area contributed by atoms with Crippen molar-refractivity contribution in [2.75, 3.05) is 6.61 Å². The van der Waals surface area contributed by atoms with Gasteiger partial charge in [-0.05, 0) is 12.5 Å². The highest BCUT2D eigenvalue weighted by Gasteiger charge is 1.81. The molecule has 0 fully saturated rings. The predicted molar refractivity (Wildman–Crippen MR) is 34.1 cm³/mol. The molecular formula is C6H11NO. The molecule has 0 bridgehead atoms. The van der Waals surface area contributed by atoms with Crippen LogP contribution in [0.4, 0.5) is 0 Å². The van der Waals surface area contributed by atoms with E-state index in [1.165, 1.54) is 0 Å². The Morgan fingerprint density at radius 2 is 2.50 bits per heavy atom. The van der Waals surface area contributed by atoms with Crippen LogP contribution in [0.3, 0.4) is 0 Å². The predicted octanol–water partition coefficient (Wildman–Crippen LogP) is 1.01. The third kappa shape index (κ3) is 3.59. The summed E-state index contributed by atoms with van der Waals surface area (Å²) < 4.78 is 0. The van der Waals surface area contributed by atoms with Crippen molar-refractivity contribution >= 4 is 0 Å². The number of rotatable bonds is 3. The van der Waals surface area contributed by atoms with Gasteiger partial charge in [-0.3, -0.25) is 4.84 Å². The third-order valence-corrected chi connectivity index (χ3v) is 0.671. The highest BCUT2D eigenvalue weighted by atomic mass is 16.6. The van der Waals surface area contributed by atoms with Crippen LogP contribution >= 0.6 is 0 Å². The third-order valence-electron chi connectivity index (χ3n) is 0.671. The largest absolute Gasteiger partial charge is 0.300 e. The van der Waals surface area contributed by atoms with Crippen molar-refractivity contribution < 1.29 is 4.84 Å². The van der Waals surface area contributed by atoms with Crippen molar-refractivity contribution in [1.82, 2.24) is 0 Å². The van der Waals surface area contributed by atoms with Crippen LogP contribution in [0.1, 0.15) is 6.92 Å². The van der Waals surface area contributed by atoms with Gasteiger partial charge in [0.15, 0.2) is 0 Å². The van der Waals surface area contributed by atoms with Crippen LogP contribution in [0.2, 0.25) is 0 Å². The molecule has 2 N–H and O–H groups in total. The minimum Gasteiger partial charge on any atom is -0.300 e. The number of nitrogens with two attached hydrogens (primary N) is 1. The maximum absolute atomic E-state index is 4.76. The molecule has 0 aromatic heterocycles. The lowest BCUT2D eigenvalue weighted by molar-refractivity contribution is 0.163. The average Bonchev–Trinajstić information content (AvgIpc) is 1.68. The molecule has 0 aliphatic heterocycles. The average molecular weight is 113 g/mol. The fraction of sp³-hybridized carbons (Fsp3) is 0.333. The van der Waals surface area contributed by atoms with Crippen molar-refractivity contribution in [2.45, 2.75) is 6.92 Å². The van der Waals surface area contributed by atoms with Gasteiger partial charge in [0.2, 0.25) is 0 Å². The molecule has 0 rings (SSSR count). The van der Waals surface area contributed by atoms with Gasteiger partial charge in [0.1, 0.15) is 0 Å². The maximum Gasteiger partial charge on any atom is 0.0924 e. The Balaban J connectivity index is 3.33. The molecule has 0 aromatic carbocycles. The van der Waals surface area contributed by atoms with Crippen LogP contribution in [0, 0.1) is 0 Å². The summed E-state index contributed by atoms with van der Waals surface area (Å²) >= 11 is 0. The quantitative estimate of drug-likeness (QED) is 0.438. The van der Waals surface area contributed by atoms with Crippen molar-refractivity contribution in [3.63, 3.8) is 0 Å². The molecule has 2 nitrogen and oxygen atoms in total. The molecule has 0 amide bonds. The minimum absolute atomic E-state index is 0.407. The zero-order chi connectivity index (χ0) is 6.41. The van der Waals surface area contributed by atoms with E-state index in [1.807, 2.05) is 19.1 Å². The molecule has 0 unspecified atom stereocenters. The van der Waals surface area contributed by atoms with E-state index < -0.39 is 0 Å². The summed E-state index contributed by atoms with van der Waals surface area (Å²) in [4.78, 5) is 4.31. The number of hydrogen-bond acceptors (Lipinski definition) is 2. The van der Waals surface area contributed by atoms with Gasteiger partial charge >= 0.3 is 0 Å². The van der Waals surface area contributed by atoms with E-state index in [2.05, 4.69) is 11.4 Å². The van der Waals surface area contributed by atoms with E-state index in [-0.39, 0.29) is 0 Å². The highest BCUT2D eigenvalue weighted by Crippen LogP contribution is 1.89. The van der Waals surface area contributed by atoms with Crippen LogP contribution in [-0.4, -0.2) is 6.61 Å². The Morgan fingerprint density at radius 3 is 2.88 bits per heavy atom. The van der Waals surface area contributed by atoms with E-state index in [0.29, 0.717) is 6.61 Å². The van der Waals surface area contributed by atoms with Gasteiger partial charge in [0.25, 0.3) is 0 Å². The Kier molecular flexibility index (Phi) is 4.21. The van der Waals surface area contributed by atoms with Crippen LogP contribution in [-0.2, 0) is 4.84 Å². The molecule has 8 heavy (non-hydrogen) atoms. The first-order valence-corrected chi connectivity index (χ1v) is 2.43. The molecule has 46 valence electrons. The zero-order valence-corrected chi connectivity index (χ0v) is 5.05. The lowest BCUT2D eigenvalue weighted by atomic mass is 10.3. The summed E-state index contributed by atoms with van der Waals surface area (Å²) in [5.41, 5.74) is 0.884. The summed E-state index contributed by atoms with van der Waals surface area (Å²) in [5, 5.41) is 0. The molecule has 0 radical (unpaired) electrons. The van der Waals surface area contributed by atoms with Gasteiger partial charge in [-0.2, -0.15) is 0 Å². The van der Waals surface area contributed by atoms with Crippen LogP contribution in [0.5, 0.6) is 0 Å². The Labute approximate surface area is 49.6 Å². The molecular weight excluding hydrogens is 102 g/mol. The first kappa shape index (κ1) is 7.40. The van der Waals surface area contributed by atoms with E-state index in [9.17, 15) is 0 Å². The summed E-state index contributed by atoms with van der Waals surface area (Å²) in [6.07, 6.45) is 3.74. The SMILES string of the molecule is C=C(C=CC)CON. The smallest absolute Gasteiger partial charge is 0.0924 e. The summed E-state index contributed by atoms with van der Waals surface area (Å²) in [6.45, 7) is 5.97. The van der Waals surface area contributed by atoms with Gasteiger partial charge in [-0.25, -0.2) is 5.90 Å². The van der Waals surface area contributed by atoms with Gasteiger partial charge in [0, 0.05) is 0 Å². The second-order valence-electron chi connectivity index (χ2n) is 1.47. The van der Waals surface area contributed by atoms with E-state index in [1.54, 1.807) is 0 Å². The molecule has 0 aromatic rings. The molecule has 0 heterocycles. The monoisotopic (exact) mass is 113 g/mol. The van der Waals surface area contributed by atoms with Crippen molar-refractivity contribution in [3.05, 3.63) is 24.3 Å². The second-order valence-corrected chi connectivity index (χ2v) is 1.47. The molecule has 0 atom stereocenters. The summed E-state index contributed by atoms with van der Waals surface area (Å²) in [5.74, 6) is 4.76. The molecule has 2 heteroatoms. The fourth-order valence-corrected chi connectivity index (χ4v) is 0.391. The first-order chi connectivity index (χ1) is 3.81. The summed E-state index contributed by atoms with van der Waals surface area (Å²) in [6, 6.07) is 0.